The van der Waals surface area contributed by atoms with Crippen LogP contribution in [0.1, 0.15) is 44.7 Å². The van der Waals surface area contributed by atoms with Crippen molar-refractivity contribution in [3.8, 4) is 5.75 Å². The first-order valence-electron chi connectivity index (χ1n) is 7.68. The Bertz CT molecular complexity index is 610. The molecule has 3 unspecified atom stereocenters. The normalized spacial score (nSPS) is 28.7. The fraction of sp³-hybridized carbons (Fsp3) is 0.529. The van der Waals surface area contributed by atoms with Crippen LogP contribution in [0.15, 0.2) is 24.3 Å². The summed E-state index contributed by atoms with van der Waals surface area (Å²) in [6, 6.07) is 7.54. The van der Waals surface area contributed by atoms with Gasteiger partial charge in [0.2, 0.25) is 5.91 Å². The number of carboxylic acid groups (broad SMARTS) is 1. The molecule has 3 atom stereocenters. The van der Waals surface area contributed by atoms with Gasteiger partial charge < -0.3 is 15.2 Å². The van der Waals surface area contributed by atoms with Crippen LogP contribution in [-0.2, 0) is 9.59 Å². The van der Waals surface area contributed by atoms with E-state index in [0.717, 1.165) is 11.3 Å². The molecule has 118 valence electrons. The Morgan fingerprint density at radius 2 is 1.91 bits per heavy atom. The molecule has 0 bridgehead atoms. The van der Waals surface area contributed by atoms with Crippen molar-refractivity contribution in [3.63, 3.8) is 0 Å². The molecule has 1 fully saturated rings. The average Bonchev–Trinajstić information content (AvgIpc) is 2.35. The fourth-order valence-electron chi connectivity index (χ4n) is 3.32. The maximum absolute atomic E-state index is 12.4. The van der Waals surface area contributed by atoms with E-state index in [2.05, 4.69) is 5.32 Å². The second kappa shape index (κ2) is 5.30. The molecule has 1 aliphatic heterocycles. The molecule has 0 saturated heterocycles. The number of carbonyl (C=O) groups is 2. The number of carboxylic acids is 1. The first-order valence-corrected chi connectivity index (χ1v) is 7.68. The van der Waals surface area contributed by atoms with Crippen LogP contribution in [0.5, 0.6) is 5.75 Å². The molecule has 1 amide bonds. The maximum Gasteiger partial charge on any atom is 0.307 e. The summed E-state index contributed by atoms with van der Waals surface area (Å²) in [5, 5.41) is 12.1. The van der Waals surface area contributed by atoms with E-state index in [9.17, 15) is 9.59 Å². The number of para-hydroxylation sites is 1. The van der Waals surface area contributed by atoms with Crippen LogP contribution in [0.3, 0.4) is 0 Å². The molecule has 5 nitrogen and oxygen atoms in total. The second-order valence-electron chi connectivity index (χ2n) is 6.79. The molecule has 0 radical (unpaired) electrons. The van der Waals surface area contributed by atoms with E-state index >= 15 is 0 Å². The van der Waals surface area contributed by atoms with E-state index in [1.54, 1.807) is 0 Å². The van der Waals surface area contributed by atoms with E-state index in [1.165, 1.54) is 0 Å². The number of benzene rings is 1. The van der Waals surface area contributed by atoms with Crippen LogP contribution in [0.4, 0.5) is 0 Å². The molecule has 1 aliphatic carbocycles. The summed E-state index contributed by atoms with van der Waals surface area (Å²) in [5.74, 6) is -1.19. The number of hydrogen-bond acceptors (Lipinski definition) is 3. The largest absolute Gasteiger partial charge is 0.487 e. The zero-order valence-electron chi connectivity index (χ0n) is 12.8. The molecule has 2 aliphatic rings. The van der Waals surface area contributed by atoms with Crippen molar-refractivity contribution >= 4 is 11.9 Å². The molecule has 2 N–H and O–H groups in total. The molecule has 22 heavy (non-hydrogen) atoms. The smallest absolute Gasteiger partial charge is 0.307 e. The Morgan fingerprint density at radius 3 is 2.55 bits per heavy atom. The highest BCUT2D eigenvalue weighted by molar-refractivity contribution is 5.86. The minimum Gasteiger partial charge on any atom is -0.487 e. The summed E-state index contributed by atoms with van der Waals surface area (Å²) in [4.78, 5) is 23.5. The van der Waals surface area contributed by atoms with Gasteiger partial charge in [0.15, 0.2) is 0 Å². The second-order valence-corrected chi connectivity index (χ2v) is 6.79. The fourth-order valence-corrected chi connectivity index (χ4v) is 3.32. The molecule has 1 aromatic carbocycles. The quantitative estimate of drug-likeness (QED) is 0.899. The van der Waals surface area contributed by atoms with Gasteiger partial charge in [-0.2, -0.15) is 0 Å². The predicted molar refractivity (Wildman–Crippen MR) is 80.5 cm³/mol. The minimum atomic E-state index is -0.876. The molecule has 3 rings (SSSR count). The van der Waals surface area contributed by atoms with Crippen LogP contribution in [0, 0.1) is 11.8 Å². The SMILES string of the molecule is CC1(C)CC(NC(=O)C2CCC2C(=O)O)c2ccccc2O1. The predicted octanol–water partition coefficient (Wildman–Crippen LogP) is 2.52. The van der Waals surface area contributed by atoms with E-state index in [4.69, 9.17) is 9.84 Å². The molecule has 1 heterocycles. The molecular weight excluding hydrogens is 282 g/mol. The Hall–Kier alpha value is -2.04. The lowest BCUT2D eigenvalue weighted by molar-refractivity contribution is -0.153. The monoisotopic (exact) mass is 303 g/mol. The van der Waals surface area contributed by atoms with Crippen LogP contribution >= 0.6 is 0 Å². The lowest BCUT2D eigenvalue weighted by Gasteiger charge is -2.39. The van der Waals surface area contributed by atoms with E-state index < -0.39 is 17.8 Å². The van der Waals surface area contributed by atoms with Gasteiger partial charge in [-0.25, -0.2) is 0 Å². The Balaban J connectivity index is 1.77. The molecule has 0 spiro atoms. The summed E-state index contributed by atoms with van der Waals surface area (Å²) >= 11 is 0. The van der Waals surface area contributed by atoms with Crippen LogP contribution in [0.25, 0.3) is 0 Å². The highest BCUT2D eigenvalue weighted by Gasteiger charge is 2.43. The van der Waals surface area contributed by atoms with Gasteiger partial charge in [-0.3, -0.25) is 9.59 Å². The van der Waals surface area contributed by atoms with Gasteiger partial charge in [-0.05, 0) is 32.8 Å². The lowest BCUT2D eigenvalue weighted by Crippen LogP contribution is -2.47. The van der Waals surface area contributed by atoms with Crippen molar-refractivity contribution in [2.75, 3.05) is 0 Å². The number of hydrogen-bond donors (Lipinski definition) is 2. The number of amides is 1. The van der Waals surface area contributed by atoms with Crippen molar-refractivity contribution in [3.05, 3.63) is 29.8 Å². The lowest BCUT2D eigenvalue weighted by atomic mass is 9.73. The summed E-state index contributed by atoms with van der Waals surface area (Å²) in [6.45, 7) is 3.98. The Kier molecular flexibility index (Phi) is 3.59. The first-order chi connectivity index (χ1) is 10.4. The number of fused-ring (bicyclic) bond motifs is 1. The molecule has 1 saturated carbocycles. The van der Waals surface area contributed by atoms with E-state index in [0.29, 0.717) is 19.3 Å². The third-order valence-corrected chi connectivity index (χ3v) is 4.62. The van der Waals surface area contributed by atoms with Gasteiger partial charge in [-0.1, -0.05) is 18.2 Å². The minimum absolute atomic E-state index is 0.137. The average molecular weight is 303 g/mol. The van der Waals surface area contributed by atoms with Crippen molar-refractivity contribution in [1.82, 2.24) is 5.32 Å². The molecule has 0 aromatic heterocycles. The number of ether oxygens (including phenoxy) is 1. The number of nitrogens with one attached hydrogen (secondary N) is 1. The van der Waals surface area contributed by atoms with Crippen LogP contribution < -0.4 is 10.1 Å². The van der Waals surface area contributed by atoms with Gasteiger partial charge in [0.1, 0.15) is 11.4 Å². The van der Waals surface area contributed by atoms with Crippen molar-refractivity contribution in [2.24, 2.45) is 11.8 Å². The zero-order chi connectivity index (χ0) is 15.9. The van der Waals surface area contributed by atoms with Crippen molar-refractivity contribution in [1.29, 1.82) is 0 Å². The summed E-state index contributed by atoms with van der Waals surface area (Å²) < 4.78 is 5.95. The number of rotatable bonds is 3. The third-order valence-electron chi connectivity index (χ3n) is 4.62. The summed E-state index contributed by atoms with van der Waals surface area (Å²) in [6.07, 6.45) is 1.90. The van der Waals surface area contributed by atoms with Crippen molar-refractivity contribution in [2.45, 2.75) is 44.8 Å². The molecular formula is C17H21NO4. The zero-order valence-corrected chi connectivity index (χ0v) is 12.8. The van der Waals surface area contributed by atoms with Gasteiger partial charge >= 0.3 is 5.97 Å². The van der Waals surface area contributed by atoms with Crippen LogP contribution in [-0.4, -0.2) is 22.6 Å². The molecule has 5 heteroatoms. The maximum atomic E-state index is 12.4. The highest BCUT2D eigenvalue weighted by Crippen LogP contribution is 2.40. The van der Waals surface area contributed by atoms with E-state index in [1.807, 2.05) is 38.1 Å². The van der Waals surface area contributed by atoms with Gasteiger partial charge in [0.05, 0.1) is 17.9 Å². The molecule has 1 aromatic rings. The van der Waals surface area contributed by atoms with Crippen molar-refractivity contribution < 1.29 is 19.4 Å². The Morgan fingerprint density at radius 1 is 1.23 bits per heavy atom. The van der Waals surface area contributed by atoms with Gasteiger partial charge in [0, 0.05) is 12.0 Å². The standard InChI is InChI=1S/C17H21NO4/c1-17(2)9-13(12-5-3-4-6-14(12)22-17)18-15(19)10-7-8-11(10)16(20)21/h3-6,10-11,13H,7-9H2,1-2H3,(H,18,19)(H,20,21). The summed E-state index contributed by atoms with van der Waals surface area (Å²) in [5.41, 5.74) is 0.597. The third kappa shape index (κ3) is 2.67. The first kappa shape index (κ1) is 14.9. The van der Waals surface area contributed by atoms with E-state index in [-0.39, 0.29) is 17.6 Å². The topological polar surface area (TPSA) is 75.6 Å². The summed E-state index contributed by atoms with van der Waals surface area (Å²) in [7, 11) is 0. The van der Waals surface area contributed by atoms with Crippen LogP contribution in [0.2, 0.25) is 0 Å². The highest BCUT2D eigenvalue weighted by atomic mass is 16.5. The van der Waals surface area contributed by atoms with Gasteiger partial charge in [0.25, 0.3) is 0 Å². The number of aliphatic carboxylic acids is 1. The number of carbonyl (C=O) groups excluding carboxylic acids is 1. The Labute approximate surface area is 129 Å². The van der Waals surface area contributed by atoms with Gasteiger partial charge in [-0.15, -0.1) is 0 Å².